The van der Waals surface area contributed by atoms with Crippen LogP contribution in [0.15, 0.2) is 4.47 Å². The quantitative estimate of drug-likeness (QED) is 0.727. The molecular weight excluding hydrogens is 284 g/mol. The van der Waals surface area contributed by atoms with Crippen LogP contribution in [-0.2, 0) is 23.0 Å². The van der Waals surface area contributed by atoms with E-state index < -0.39 is 0 Å². The molecule has 0 aliphatic rings. The standard InChI is InChI=1S/C12H19BrN2O2/c1-4-6-17-7-5-10(16)8-11-12(13)9(2)14-15(11)3/h4-8H2,1-3H3. The van der Waals surface area contributed by atoms with E-state index in [4.69, 9.17) is 4.74 Å². The molecule has 0 atom stereocenters. The second kappa shape index (κ2) is 6.91. The van der Waals surface area contributed by atoms with Gasteiger partial charge in [-0.3, -0.25) is 9.48 Å². The van der Waals surface area contributed by atoms with Crippen molar-refractivity contribution in [3.8, 4) is 0 Å². The number of rotatable bonds is 7. The molecule has 0 amide bonds. The van der Waals surface area contributed by atoms with Crippen LogP contribution in [-0.4, -0.2) is 28.8 Å². The lowest BCUT2D eigenvalue weighted by molar-refractivity contribution is -0.119. The molecular formula is C12H19BrN2O2. The lowest BCUT2D eigenvalue weighted by atomic mass is 10.1. The number of hydrogen-bond acceptors (Lipinski definition) is 3. The maximum atomic E-state index is 11.7. The summed E-state index contributed by atoms with van der Waals surface area (Å²) in [5.74, 6) is 0.185. The maximum Gasteiger partial charge on any atom is 0.141 e. The number of carbonyl (C=O) groups excluding carboxylic acids is 1. The van der Waals surface area contributed by atoms with Crippen molar-refractivity contribution in [3.63, 3.8) is 0 Å². The Kier molecular flexibility index (Phi) is 5.85. The van der Waals surface area contributed by atoms with E-state index in [-0.39, 0.29) is 5.78 Å². The summed E-state index contributed by atoms with van der Waals surface area (Å²) < 4.78 is 7.99. The van der Waals surface area contributed by atoms with Crippen LogP contribution in [0, 0.1) is 6.92 Å². The van der Waals surface area contributed by atoms with Crippen molar-refractivity contribution in [1.29, 1.82) is 0 Å². The minimum atomic E-state index is 0.185. The van der Waals surface area contributed by atoms with Gasteiger partial charge in [0.15, 0.2) is 0 Å². The molecule has 0 aliphatic carbocycles. The number of Topliss-reactive ketones (excluding diaryl/α,β-unsaturated/α-hetero) is 1. The van der Waals surface area contributed by atoms with Gasteiger partial charge in [-0.15, -0.1) is 0 Å². The molecule has 96 valence electrons. The van der Waals surface area contributed by atoms with Crippen LogP contribution in [0.5, 0.6) is 0 Å². The highest BCUT2D eigenvalue weighted by atomic mass is 79.9. The predicted molar refractivity (Wildman–Crippen MR) is 70.1 cm³/mol. The van der Waals surface area contributed by atoms with Gasteiger partial charge in [0.05, 0.1) is 22.5 Å². The Hall–Kier alpha value is -0.680. The second-order valence-electron chi connectivity index (χ2n) is 4.05. The number of carbonyl (C=O) groups is 1. The summed E-state index contributed by atoms with van der Waals surface area (Å²) in [7, 11) is 1.86. The van der Waals surface area contributed by atoms with Crippen LogP contribution in [0.3, 0.4) is 0 Å². The third-order valence-corrected chi connectivity index (χ3v) is 3.53. The summed E-state index contributed by atoms with van der Waals surface area (Å²) in [5, 5.41) is 4.26. The first-order valence-electron chi connectivity index (χ1n) is 5.83. The van der Waals surface area contributed by atoms with Gasteiger partial charge < -0.3 is 4.74 Å². The van der Waals surface area contributed by atoms with E-state index in [2.05, 4.69) is 28.0 Å². The highest BCUT2D eigenvalue weighted by molar-refractivity contribution is 9.10. The van der Waals surface area contributed by atoms with Crippen LogP contribution in [0.2, 0.25) is 0 Å². The van der Waals surface area contributed by atoms with Gasteiger partial charge in [-0.25, -0.2) is 0 Å². The molecule has 0 aliphatic heterocycles. The number of aryl methyl sites for hydroxylation is 2. The molecule has 0 unspecified atom stereocenters. The van der Waals surface area contributed by atoms with Gasteiger partial charge in [0, 0.05) is 26.5 Å². The first-order chi connectivity index (χ1) is 8.06. The first-order valence-corrected chi connectivity index (χ1v) is 6.63. The van der Waals surface area contributed by atoms with Crippen molar-refractivity contribution in [3.05, 3.63) is 15.9 Å². The highest BCUT2D eigenvalue weighted by Gasteiger charge is 2.14. The number of hydrogen-bond donors (Lipinski definition) is 0. The Balaban J connectivity index is 2.45. The Bertz CT molecular complexity index is 388. The van der Waals surface area contributed by atoms with E-state index in [0.717, 1.165) is 28.9 Å². The third kappa shape index (κ3) is 4.24. The fraction of sp³-hybridized carbons (Fsp3) is 0.667. The van der Waals surface area contributed by atoms with E-state index in [1.165, 1.54) is 0 Å². The lowest BCUT2D eigenvalue weighted by Gasteiger charge is -2.03. The molecule has 0 saturated carbocycles. The summed E-state index contributed by atoms with van der Waals surface area (Å²) in [6, 6.07) is 0. The summed E-state index contributed by atoms with van der Waals surface area (Å²) in [6.07, 6.45) is 1.87. The largest absolute Gasteiger partial charge is 0.381 e. The average Bonchev–Trinajstić information content (AvgIpc) is 2.52. The fourth-order valence-electron chi connectivity index (χ4n) is 1.58. The van der Waals surface area contributed by atoms with E-state index >= 15 is 0 Å². The summed E-state index contributed by atoms with van der Waals surface area (Å²) in [6.45, 7) is 5.21. The maximum absolute atomic E-state index is 11.7. The van der Waals surface area contributed by atoms with Crippen molar-refractivity contribution in [2.75, 3.05) is 13.2 Å². The van der Waals surface area contributed by atoms with Gasteiger partial charge in [0.1, 0.15) is 5.78 Å². The minimum absolute atomic E-state index is 0.185. The molecule has 1 heterocycles. The Labute approximate surface area is 110 Å². The molecule has 1 aromatic heterocycles. The highest BCUT2D eigenvalue weighted by Crippen LogP contribution is 2.20. The smallest absolute Gasteiger partial charge is 0.141 e. The molecule has 0 bridgehead atoms. The van der Waals surface area contributed by atoms with E-state index in [0.29, 0.717) is 19.4 Å². The Morgan fingerprint density at radius 3 is 2.71 bits per heavy atom. The third-order valence-electron chi connectivity index (χ3n) is 2.50. The molecule has 1 aromatic rings. The van der Waals surface area contributed by atoms with Crippen LogP contribution < -0.4 is 0 Å². The van der Waals surface area contributed by atoms with Gasteiger partial charge in [-0.1, -0.05) is 6.92 Å². The second-order valence-corrected chi connectivity index (χ2v) is 4.84. The van der Waals surface area contributed by atoms with Gasteiger partial charge >= 0.3 is 0 Å². The SMILES string of the molecule is CCCOCCC(=O)Cc1c(Br)c(C)nn1C. The molecule has 0 N–H and O–H groups in total. The summed E-state index contributed by atoms with van der Waals surface area (Å²) in [4.78, 5) is 11.7. The van der Waals surface area contributed by atoms with Gasteiger partial charge in [0.25, 0.3) is 0 Å². The first kappa shape index (κ1) is 14.4. The molecule has 1 rings (SSSR count). The summed E-state index contributed by atoms with van der Waals surface area (Å²) >= 11 is 3.46. The monoisotopic (exact) mass is 302 g/mol. The number of halogens is 1. The van der Waals surface area contributed by atoms with Crippen LogP contribution in [0.1, 0.15) is 31.2 Å². The zero-order valence-corrected chi connectivity index (χ0v) is 12.2. The van der Waals surface area contributed by atoms with Crippen LogP contribution in [0.4, 0.5) is 0 Å². The van der Waals surface area contributed by atoms with Crippen LogP contribution in [0.25, 0.3) is 0 Å². The molecule has 0 radical (unpaired) electrons. The lowest BCUT2D eigenvalue weighted by Crippen LogP contribution is -2.10. The number of nitrogens with zero attached hydrogens (tertiary/aromatic N) is 2. The summed E-state index contributed by atoms with van der Waals surface area (Å²) in [5.41, 5.74) is 1.85. The molecule has 5 heteroatoms. The predicted octanol–water partition coefficient (Wildman–Crippen LogP) is 2.42. The normalized spacial score (nSPS) is 10.8. The molecule has 0 saturated heterocycles. The molecule has 0 fully saturated rings. The zero-order chi connectivity index (χ0) is 12.8. The Morgan fingerprint density at radius 2 is 2.18 bits per heavy atom. The number of ether oxygens (including phenoxy) is 1. The number of ketones is 1. The Morgan fingerprint density at radius 1 is 1.47 bits per heavy atom. The van der Waals surface area contributed by atoms with Crippen molar-refractivity contribution in [2.45, 2.75) is 33.1 Å². The van der Waals surface area contributed by atoms with Crippen molar-refractivity contribution in [1.82, 2.24) is 9.78 Å². The van der Waals surface area contributed by atoms with E-state index in [1.807, 2.05) is 14.0 Å². The average molecular weight is 303 g/mol. The topological polar surface area (TPSA) is 44.1 Å². The number of aromatic nitrogens is 2. The van der Waals surface area contributed by atoms with Gasteiger partial charge in [-0.05, 0) is 29.3 Å². The van der Waals surface area contributed by atoms with Crippen LogP contribution >= 0.6 is 15.9 Å². The van der Waals surface area contributed by atoms with Gasteiger partial charge in [-0.2, -0.15) is 5.10 Å². The van der Waals surface area contributed by atoms with Gasteiger partial charge in [0.2, 0.25) is 0 Å². The molecule has 4 nitrogen and oxygen atoms in total. The van der Waals surface area contributed by atoms with Crippen molar-refractivity contribution in [2.24, 2.45) is 7.05 Å². The fourth-order valence-corrected chi connectivity index (χ4v) is 2.06. The van der Waals surface area contributed by atoms with Crippen molar-refractivity contribution < 1.29 is 9.53 Å². The molecule has 17 heavy (non-hydrogen) atoms. The molecule has 0 aromatic carbocycles. The van der Waals surface area contributed by atoms with E-state index in [1.54, 1.807) is 4.68 Å². The van der Waals surface area contributed by atoms with Crippen molar-refractivity contribution >= 4 is 21.7 Å². The minimum Gasteiger partial charge on any atom is -0.381 e. The zero-order valence-electron chi connectivity index (χ0n) is 10.6. The molecule has 0 spiro atoms. The van der Waals surface area contributed by atoms with E-state index in [9.17, 15) is 4.79 Å².